The number of benzene rings is 1. The van der Waals surface area contributed by atoms with Crippen molar-refractivity contribution in [2.45, 2.75) is 51.7 Å². The zero-order chi connectivity index (χ0) is 16.7. The van der Waals surface area contributed by atoms with E-state index in [0.29, 0.717) is 6.54 Å². The van der Waals surface area contributed by atoms with Gasteiger partial charge in [0.05, 0.1) is 6.54 Å². The number of aryl methyl sites for hydroxylation is 2. The molecule has 0 fully saturated rings. The number of hydrogen-bond donors (Lipinski definition) is 1. The summed E-state index contributed by atoms with van der Waals surface area (Å²) in [6.45, 7) is 4.60. The molecule has 1 atom stereocenters. The Hall–Kier alpha value is -2.13. The Morgan fingerprint density at radius 3 is 2.83 bits per heavy atom. The highest BCUT2D eigenvalue weighted by Gasteiger charge is 2.28. The molecular weight excluding hydrogens is 296 g/mol. The number of aliphatic hydroxyl groups is 1. The summed E-state index contributed by atoms with van der Waals surface area (Å²) in [5.74, 6) is 0. The van der Waals surface area contributed by atoms with E-state index in [4.69, 9.17) is 0 Å². The molecule has 3 heteroatoms. The fourth-order valence-electron chi connectivity index (χ4n) is 4.01. The summed E-state index contributed by atoms with van der Waals surface area (Å²) in [6, 6.07) is 10.5. The van der Waals surface area contributed by atoms with Gasteiger partial charge in [-0.2, -0.15) is 0 Å². The molecule has 0 amide bonds. The van der Waals surface area contributed by atoms with E-state index in [9.17, 15) is 5.11 Å². The summed E-state index contributed by atoms with van der Waals surface area (Å²) in [4.78, 5) is 4.17. The van der Waals surface area contributed by atoms with Crippen LogP contribution in [0, 0.1) is 6.92 Å². The van der Waals surface area contributed by atoms with E-state index in [2.05, 4.69) is 34.7 Å². The van der Waals surface area contributed by atoms with Crippen LogP contribution in [0.2, 0.25) is 0 Å². The number of nitrogens with zero attached hydrogens (tertiary/aromatic N) is 2. The van der Waals surface area contributed by atoms with Gasteiger partial charge in [-0.15, -0.1) is 0 Å². The van der Waals surface area contributed by atoms with Crippen LogP contribution in [0.3, 0.4) is 0 Å². The second-order valence-corrected chi connectivity index (χ2v) is 7.25. The summed E-state index contributed by atoms with van der Waals surface area (Å²) in [5.41, 5.74) is 5.37. The lowest BCUT2D eigenvalue weighted by Gasteiger charge is -2.27. The molecule has 24 heavy (non-hydrogen) atoms. The van der Waals surface area contributed by atoms with Gasteiger partial charge in [-0.05, 0) is 63.3 Å². The summed E-state index contributed by atoms with van der Waals surface area (Å²) in [6.07, 6.45) is 8.26. The fraction of sp³-hybridized carbons (Fsp3) is 0.381. The molecular formula is C21H24N2O. The van der Waals surface area contributed by atoms with Crippen LogP contribution in [0.1, 0.15) is 42.1 Å². The van der Waals surface area contributed by atoms with Crippen molar-refractivity contribution in [2.24, 2.45) is 0 Å². The van der Waals surface area contributed by atoms with Gasteiger partial charge >= 0.3 is 0 Å². The number of rotatable bonds is 3. The zero-order valence-electron chi connectivity index (χ0n) is 14.4. The number of hydrogen-bond acceptors (Lipinski definition) is 2. The highest BCUT2D eigenvalue weighted by molar-refractivity contribution is 5.86. The topological polar surface area (TPSA) is 38.0 Å². The van der Waals surface area contributed by atoms with Crippen molar-refractivity contribution in [1.29, 1.82) is 0 Å². The molecule has 0 radical (unpaired) electrons. The van der Waals surface area contributed by atoms with Crippen LogP contribution in [-0.4, -0.2) is 14.7 Å². The lowest BCUT2D eigenvalue weighted by molar-refractivity contribution is 0.0383. The predicted molar refractivity (Wildman–Crippen MR) is 97.1 cm³/mol. The lowest BCUT2D eigenvalue weighted by Crippen LogP contribution is -2.29. The third kappa shape index (κ3) is 2.53. The molecule has 1 N–H and O–H groups in total. The van der Waals surface area contributed by atoms with Crippen LogP contribution in [0.5, 0.6) is 0 Å². The van der Waals surface area contributed by atoms with Crippen LogP contribution in [0.25, 0.3) is 10.9 Å². The van der Waals surface area contributed by atoms with Crippen LogP contribution in [0.15, 0.2) is 42.7 Å². The molecule has 2 aromatic heterocycles. The average Bonchev–Trinajstić information content (AvgIpc) is 2.89. The van der Waals surface area contributed by atoms with Crippen molar-refractivity contribution in [1.82, 2.24) is 9.55 Å². The summed E-state index contributed by atoms with van der Waals surface area (Å²) in [5, 5.41) is 12.5. The minimum atomic E-state index is -0.934. The van der Waals surface area contributed by atoms with Gasteiger partial charge in [0.2, 0.25) is 0 Å². The van der Waals surface area contributed by atoms with E-state index < -0.39 is 5.60 Å². The van der Waals surface area contributed by atoms with Crippen LogP contribution in [-0.2, 0) is 25.0 Å². The maximum atomic E-state index is 11.1. The van der Waals surface area contributed by atoms with Crippen molar-refractivity contribution >= 4 is 10.9 Å². The molecule has 0 aliphatic heterocycles. The Labute approximate surface area is 143 Å². The first-order chi connectivity index (χ1) is 11.6. The van der Waals surface area contributed by atoms with Crippen molar-refractivity contribution in [3.63, 3.8) is 0 Å². The molecule has 0 saturated heterocycles. The normalized spacial score (nSPS) is 16.8. The van der Waals surface area contributed by atoms with Crippen molar-refractivity contribution < 1.29 is 5.11 Å². The maximum absolute atomic E-state index is 11.1. The van der Waals surface area contributed by atoms with Crippen molar-refractivity contribution in [3.05, 3.63) is 65.1 Å². The molecule has 0 bridgehead atoms. The maximum Gasteiger partial charge on any atom is 0.106 e. The smallest absolute Gasteiger partial charge is 0.106 e. The van der Waals surface area contributed by atoms with E-state index in [0.717, 1.165) is 18.4 Å². The average molecular weight is 320 g/mol. The van der Waals surface area contributed by atoms with Gasteiger partial charge in [0.25, 0.3) is 0 Å². The van der Waals surface area contributed by atoms with E-state index in [-0.39, 0.29) is 0 Å². The van der Waals surface area contributed by atoms with Gasteiger partial charge in [0.15, 0.2) is 0 Å². The monoisotopic (exact) mass is 320 g/mol. The van der Waals surface area contributed by atoms with E-state index in [1.54, 1.807) is 12.4 Å². The van der Waals surface area contributed by atoms with Gasteiger partial charge in [-0.1, -0.05) is 17.7 Å². The highest BCUT2D eigenvalue weighted by Crippen LogP contribution is 2.35. The van der Waals surface area contributed by atoms with Crippen LogP contribution in [0.4, 0.5) is 0 Å². The Morgan fingerprint density at radius 1 is 1.21 bits per heavy atom. The number of aromatic nitrogens is 2. The number of fused-ring (bicyclic) bond motifs is 3. The van der Waals surface area contributed by atoms with Crippen molar-refractivity contribution in [3.8, 4) is 0 Å². The standard InChI is InChI=1S/C21H24N2O/c1-15-9-10-20-18(12-15)17-7-3-4-8-19(17)23(20)14-21(2,24)16-6-5-11-22-13-16/h5-6,9-13,24H,3-4,7-8,14H2,1-2H3. The largest absolute Gasteiger partial charge is 0.384 e. The predicted octanol–water partition coefficient (Wildman–Crippen LogP) is 4.13. The van der Waals surface area contributed by atoms with E-state index >= 15 is 0 Å². The van der Waals surface area contributed by atoms with E-state index in [1.807, 2.05) is 19.1 Å². The van der Waals surface area contributed by atoms with Gasteiger partial charge < -0.3 is 9.67 Å². The van der Waals surface area contributed by atoms with Gasteiger partial charge in [-0.3, -0.25) is 4.98 Å². The molecule has 4 rings (SSSR count). The molecule has 1 aromatic carbocycles. The van der Waals surface area contributed by atoms with Crippen LogP contribution >= 0.6 is 0 Å². The summed E-state index contributed by atoms with van der Waals surface area (Å²) >= 11 is 0. The molecule has 0 spiro atoms. The van der Waals surface area contributed by atoms with E-state index in [1.165, 1.54) is 40.6 Å². The first kappa shape index (κ1) is 15.4. The molecule has 3 nitrogen and oxygen atoms in total. The Kier molecular flexibility index (Phi) is 3.69. The second-order valence-electron chi connectivity index (χ2n) is 7.25. The van der Waals surface area contributed by atoms with Crippen molar-refractivity contribution in [2.75, 3.05) is 0 Å². The molecule has 1 unspecified atom stereocenters. The first-order valence-electron chi connectivity index (χ1n) is 8.80. The van der Waals surface area contributed by atoms with Gasteiger partial charge in [-0.25, -0.2) is 0 Å². The first-order valence-corrected chi connectivity index (χ1v) is 8.80. The Balaban J connectivity index is 1.85. The highest BCUT2D eigenvalue weighted by atomic mass is 16.3. The van der Waals surface area contributed by atoms with Gasteiger partial charge in [0.1, 0.15) is 5.60 Å². The minimum Gasteiger partial charge on any atom is -0.384 e. The minimum absolute atomic E-state index is 0.563. The molecule has 0 saturated carbocycles. The SMILES string of the molecule is Cc1ccc2c(c1)c1c(n2CC(C)(O)c2cccnc2)CCCC1. The fourth-order valence-corrected chi connectivity index (χ4v) is 4.01. The lowest BCUT2D eigenvalue weighted by atomic mass is 9.94. The Morgan fingerprint density at radius 2 is 2.04 bits per heavy atom. The third-order valence-corrected chi connectivity index (χ3v) is 5.28. The quantitative estimate of drug-likeness (QED) is 0.788. The zero-order valence-corrected chi connectivity index (χ0v) is 14.4. The molecule has 3 aromatic rings. The summed E-state index contributed by atoms with van der Waals surface area (Å²) in [7, 11) is 0. The third-order valence-electron chi connectivity index (χ3n) is 5.28. The Bertz CT molecular complexity index is 878. The molecule has 1 aliphatic carbocycles. The van der Waals surface area contributed by atoms with Gasteiger partial charge in [0, 0.05) is 34.6 Å². The molecule has 124 valence electrons. The van der Waals surface area contributed by atoms with Crippen LogP contribution < -0.4 is 0 Å². The summed E-state index contributed by atoms with van der Waals surface area (Å²) < 4.78 is 2.34. The molecule has 1 aliphatic rings. The molecule has 2 heterocycles. The number of pyridine rings is 1. The second kappa shape index (κ2) is 5.75.